The summed E-state index contributed by atoms with van der Waals surface area (Å²) in [6, 6.07) is 39.5. The minimum absolute atomic E-state index is 0.0105. The van der Waals surface area contributed by atoms with Crippen LogP contribution in [0.15, 0.2) is 146 Å². The van der Waals surface area contributed by atoms with Crippen LogP contribution in [0.5, 0.6) is 0 Å². The number of nitrogens with zero attached hydrogens (tertiary/aromatic N) is 6. The van der Waals surface area contributed by atoms with E-state index < -0.39 is 47.8 Å². The summed E-state index contributed by atoms with van der Waals surface area (Å²) in [6.45, 7) is 3.83. The van der Waals surface area contributed by atoms with E-state index in [9.17, 15) is 39.6 Å². The van der Waals surface area contributed by atoms with Crippen molar-refractivity contribution in [2.45, 2.75) is 101 Å². The molecular weight excluding hydrogens is 956 g/mol. The molecule has 4 heterocycles. The van der Waals surface area contributed by atoms with Gasteiger partial charge in [0.15, 0.2) is 36.5 Å². The van der Waals surface area contributed by atoms with Gasteiger partial charge in [0, 0.05) is 47.7 Å². The van der Waals surface area contributed by atoms with Crippen LogP contribution in [0, 0.1) is 0 Å². The fraction of sp³-hybridized carbons (Fsp3) is 0.321. The number of benzene rings is 5. The van der Waals surface area contributed by atoms with Crippen LogP contribution in [-0.2, 0) is 38.6 Å². The zero-order valence-corrected chi connectivity index (χ0v) is 41.5. The van der Waals surface area contributed by atoms with Gasteiger partial charge in [-0.25, -0.2) is 4.98 Å². The average molecular weight is 1020 g/mol. The lowest BCUT2D eigenvalue weighted by Gasteiger charge is -2.28. The van der Waals surface area contributed by atoms with Gasteiger partial charge in [-0.05, 0) is 128 Å². The normalized spacial score (nSPS) is 17.3. The molecule has 0 bridgehead atoms. The molecule has 0 aliphatic carbocycles. The molecule has 2 aliphatic heterocycles. The van der Waals surface area contributed by atoms with Crippen LogP contribution in [-0.4, -0.2) is 105 Å². The standard InChI is InChI=1S/C29H28ClN3O4.C27H31ClN3O4/c30-21-6-3-5-20(17-21)24-9-4-16-32(24)29(37)28(36)27(35)26(34)15-12-19-10-13-22(14-11-19)33-18-31-23-7-1-2-8-25(23)33;1-2-29-15-5-17-31(29)22-12-9-19(10-13-22)11-14-24(32)25(33)26(34)27(35)30-16-4-8-23(30)20-6-3-7-21(28)18-20/h1-3,5-8,10-11,13-14,17-18,24,27-28,35-36H,4,9,12,15-16H2;3,5-7,9-10,12-13,15,17-18,23,25-26,33-34H,2,4,8,11,14,16H2,1H3/q;+1/t24?,27-,28+;23?,25-,26+/m00/s1. The number of likely N-dealkylation sites (tertiary alicyclic amines) is 2. The van der Waals surface area contributed by atoms with Crippen molar-refractivity contribution in [3.63, 3.8) is 0 Å². The van der Waals surface area contributed by atoms with Crippen LogP contribution < -0.4 is 4.68 Å². The Morgan fingerprint density at radius 3 is 1.62 bits per heavy atom. The Morgan fingerprint density at radius 2 is 1.12 bits per heavy atom. The van der Waals surface area contributed by atoms with E-state index in [0.717, 1.165) is 76.9 Å². The summed E-state index contributed by atoms with van der Waals surface area (Å²) >= 11 is 12.2. The Balaban J connectivity index is 0.000000193. The molecule has 9 rings (SSSR count). The lowest BCUT2D eigenvalue weighted by Crippen LogP contribution is -2.47. The van der Waals surface area contributed by atoms with E-state index in [2.05, 4.69) is 16.6 Å². The summed E-state index contributed by atoms with van der Waals surface area (Å²) in [7, 11) is 0. The number of aromatic nitrogens is 4. The first kappa shape index (κ1) is 51.8. The number of ketones is 2. The number of fused-ring (bicyclic) bond motifs is 1. The first-order chi connectivity index (χ1) is 34.8. The number of hydrogen-bond donors (Lipinski definition) is 4. The molecule has 0 saturated carbocycles. The number of aliphatic hydroxyl groups is 4. The lowest BCUT2D eigenvalue weighted by molar-refractivity contribution is -0.763. The zero-order chi connectivity index (χ0) is 50.9. The van der Waals surface area contributed by atoms with E-state index in [1.165, 1.54) is 9.80 Å². The maximum absolute atomic E-state index is 13.0. The third kappa shape index (κ3) is 12.0. The molecule has 0 spiro atoms. The number of aliphatic hydroxyl groups excluding tert-OH is 4. The first-order valence-electron chi connectivity index (χ1n) is 24.4. The van der Waals surface area contributed by atoms with Gasteiger partial charge in [-0.2, -0.15) is 0 Å². The topological polar surface area (TPSA) is 182 Å². The van der Waals surface area contributed by atoms with Crippen molar-refractivity contribution in [3.05, 3.63) is 178 Å². The molecule has 2 fully saturated rings. The minimum atomic E-state index is -1.80. The largest absolute Gasteiger partial charge is 0.382 e. The number of Topliss-reactive ketones (excluding diaryl/α,β-unsaturated/α-hetero) is 2. The fourth-order valence-corrected chi connectivity index (χ4v) is 10.0. The van der Waals surface area contributed by atoms with Crippen LogP contribution in [0.2, 0.25) is 10.0 Å². The Morgan fingerprint density at radius 1 is 0.625 bits per heavy atom. The Bertz CT molecular complexity index is 3000. The molecule has 0 radical (unpaired) electrons. The summed E-state index contributed by atoms with van der Waals surface area (Å²) in [5, 5.41) is 43.2. The van der Waals surface area contributed by atoms with Crippen molar-refractivity contribution < 1.29 is 44.3 Å². The van der Waals surface area contributed by atoms with Gasteiger partial charge in [-0.15, -0.1) is 9.36 Å². The van der Waals surface area contributed by atoms with Gasteiger partial charge in [0.05, 0.1) is 29.3 Å². The summed E-state index contributed by atoms with van der Waals surface area (Å²) in [5.74, 6) is -2.39. The van der Waals surface area contributed by atoms with E-state index in [0.29, 0.717) is 36.0 Å². The van der Waals surface area contributed by atoms with Gasteiger partial charge in [-0.1, -0.05) is 83.9 Å². The van der Waals surface area contributed by atoms with Crippen molar-refractivity contribution in [2.24, 2.45) is 0 Å². The predicted octanol–water partition coefficient (Wildman–Crippen LogP) is 7.29. The van der Waals surface area contributed by atoms with Crippen molar-refractivity contribution in [1.82, 2.24) is 24.0 Å². The number of halogens is 2. The number of imidazole rings is 1. The van der Waals surface area contributed by atoms with E-state index in [1.54, 1.807) is 30.6 Å². The molecule has 14 nitrogen and oxygen atoms in total. The summed E-state index contributed by atoms with van der Waals surface area (Å²) in [5.41, 5.74) is 7.47. The minimum Gasteiger partial charge on any atom is -0.382 e. The molecule has 2 aliphatic rings. The molecule has 5 aromatic carbocycles. The number of carbonyl (C=O) groups is 4. The second kappa shape index (κ2) is 23.8. The highest BCUT2D eigenvalue weighted by Gasteiger charge is 2.40. The highest BCUT2D eigenvalue weighted by atomic mass is 35.5. The molecule has 2 unspecified atom stereocenters. The second-order valence-corrected chi connectivity index (χ2v) is 19.1. The Labute approximate surface area is 428 Å². The van der Waals surface area contributed by atoms with Crippen LogP contribution in [0.4, 0.5) is 0 Å². The van der Waals surface area contributed by atoms with Gasteiger partial charge in [0.25, 0.3) is 11.8 Å². The number of aryl methyl sites for hydroxylation is 3. The number of para-hydroxylation sites is 2. The lowest BCUT2D eigenvalue weighted by atomic mass is 10.00. The monoisotopic (exact) mass is 1010 g/mol. The van der Waals surface area contributed by atoms with Crippen LogP contribution in [0.1, 0.15) is 79.8 Å². The zero-order valence-electron chi connectivity index (χ0n) is 40.0. The Kier molecular flexibility index (Phi) is 17.1. The molecule has 7 aromatic rings. The Hall–Kier alpha value is -6.52. The summed E-state index contributed by atoms with van der Waals surface area (Å²) < 4.78 is 6.10. The molecule has 2 aromatic heterocycles. The first-order valence-corrected chi connectivity index (χ1v) is 25.1. The van der Waals surface area contributed by atoms with Gasteiger partial charge >= 0.3 is 0 Å². The number of hydrogen-bond acceptors (Lipinski definition) is 9. The van der Waals surface area contributed by atoms with E-state index in [-0.39, 0.29) is 24.9 Å². The molecule has 16 heteroatoms. The second-order valence-electron chi connectivity index (χ2n) is 18.2. The van der Waals surface area contributed by atoms with Crippen molar-refractivity contribution >= 4 is 57.6 Å². The number of amides is 2. The van der Waals surface area contributed by atoms with Crippen LogP contribution >= 0.6 is 23.2 Å². The van der Waals surface area contributed by atoms with Crippen molar-refractivity contribution in [1.29, 1.82) is 0 Å². The van der Waals surface area contributed by atoms with Gasteiger partial charge < -0.3 is 30.2 Å². The smallest absolute Gasteiger partial charge is 0.255 e. The SMILES string of the molecule is CC[n+]1cccn1-c1ccc(CCC(=O)[C@H](O)[C@@H](O)C(=O)N2CCCC2c2cccc(Cl)c2)cc1.O=C(CCc1ccc(-n2cnc3ccccc32)cc1)[C@H](O)[C@@H](O)C(=O)N1CCCC1c1cccc(Cl)c1. The van der Waals surface area contributed by atoms with Gasteiger partial charge in [0.2, 0.25) is 0 Å². The van der Waals surface area contributed by atoms with Gasteiger partial charge in [0.1, 0.15) is 24.2 Å². The maximum Gasteiger partial charge on any atom is 0.255 e. The highest BCUT2D eigenvalue weighted by molar-refractivity contribution is 6.31. The van der Waals surface area contributed by atoms with Crippen molar-refractivity contribution in [2.75, 3.05) is 13.1 Å². The molecule has 6 atom stereocenters. The summed E-state index contributed by atoms with van der Waals surface area (Å²) in [6.07, 6.45) is 2.47. The third-order valence-corrected chi connectivity index (χ3v) is 14.0. The number of rotatable bonds is 17. The highest BCUT2D eigenvalue weighted by Crippen LogP contribution is 2.35. The molecule has 4 N–H and O–H groups in total. The third-order valence-electron chi connectivity index (χ3n) is 13.6. The van der Waals surface area contributed by atoms with E-state index in [1.807, 2.05) is 125 Å². The van der Waals surface area contributed by atoms with E-state index >= 15 is 0 Å². The molecule has 2 amide bonds. The molecule has 374 valence electrons. The fourth-order valence-electron chi connectivity index (χ4n) is 9.65. The quantitative estimate of drug-likeness (QED) is 0.0681. The molecule has 2 saturated heterocycles. The predicted molar refractivity (Wildman–Crippen MR) is 274 cm³/mol. The maximum atomic E-state index is 13.0. The van der Waals surface area contributed by atoms with Crippen LogP contribution in [0.25, 0.3) is 22.4 Å². The average Bonchev–Trinajstić information content (AvgIpc) is 4.26. The van der Waals surface area contributed by atoms with E-state index in [4.69, 9.17) is 23.2 Å². The van der Waals surface area contributed by atoms with Gasteiger partial charge in [-0.3, -0.25) is 23.7 Å². The molecular formula is C56H59Cl2N6O8+. The molecule has 72 heavy (non-hydrogen) atoms. The number of carbonyl (C=O) groups excluding carboxylic acids is 4. The van der Waals surface area contributed by atoms with Crippen LogP contribution in [0.3, 0.4) is 0 Å². The summed E-state index contributed by atoms with van der Waals surface area (Å²) in [4.78, 5) is 58.7. The van der Waals surface area contributed by atoms with Crippen molar-refractivity contribution in [3.8, 4) is 11.4 Å².